The third-order valence-corrected chi connectivity index (χ3v) is 4.81. The van der Waals surface area contributed by atoms with Crippen LogP contribution in [-0.2, 0) is 22.9 Å². The molecule has 0 amide bonds. The number of hydrogen-bond donors (Lipinski definition) is 3. The second-order valence-electron chi connectivity index (χ2n) is 5.17. The monoisotopic (exact) mass is 339 g/mol. The van der Waals surface area contributed by atoms with Gasteiger partial charge in [0, 0.05) is 6.54 Å². The number of rotatable bonds is 4. The fraction of sp³-hybridized carbons (Fsp3) is 0.538. The van der Waals surface area contributed by atoms with Gasteiger partial charge in [-0.2, -0.15) is 13.2 Å². The molecule has 22 heavy (non-hydrogen) atoms. The van der Waals surface area contributed by atoms with Gasteiger partial charge in [-0.1, -0.05) is 0 Å². The van der Waals surface area contributed by atoms with Gasteiger partial charge in [0.25, 0.3) is 0 Å². The van der Waals surface area contributed by atoms with E-state index in [0.29, 0.717) is 24.0 Å². The van der Waals surface area contributed by atoms with Crippen molar-refractivity contribution in [3.63, 3.8) is 0 Å². The van der Waals surface area contributed by atoms with Crippen molar-refractivity contribution < 1.29 is 31.8 Å². The maximum atomic E-state index is 12.2. The van der Waals surface area contributed by atoms with Crippen LogP contribution in [0.3, 0.4) is 0 Å². The van der Waals surface area contributed by atoms with Crippen LogP contribution >= 0.6 is 0 Å². The van der Waals surface area contributed by atoms with Crippen molar-refractivity contribution in [3.8, 4) is 5.75 Å². The number of benzene rings is 1. The van der Waals surface area contributed by atoms with E-state index in [1.165, 1.54) is 16.9 Å². The Morgan fingerprint density at radius 3 is 2.64 bits per heavy atom. The van der Waals surface area contributed by atoms with Gasteiger partial charge in [-0.3, -0.25) is 0 Å². The second-order valence-corrected chi connectivity index (χ2v) is 6.93. The predicted octanol–water partition coefficient (Wildman–Crippen LogP) is 1.74. The largest absolute Gasteiger partial charge is 0.511 e. The molecule has 1 aliphatic rings. The summed E-state index contributed by atoms with van der Waals surface area (Å²) in [7, 11) is -5.37. The summed E-state index contributed by atoms with van der Waals surface area (Å²) in [6.45, 7) is -0.437. The number of sulfonamides is 1. The number of nitrogens with one attached hydrogen (secondary N) is 1. The summed E-state index contributed by atoms with van der Waals surface area (Å²) in [4.78, 5) is 0. The topological polar surface area (TPSA) is 86.6 Å². The average Bonchev–Trinajstić information content (AvgIpc) is 2.38. The molecule has 1 unspecified atom stereocenters. The molecule has 9 heteroatoms. The Morgan fingerprint density at radius 1 is 1.32 bits per heavy atom. The Kier molecular flexibility index (Phi) is 4.69. The normalized spacial score (nSPS) is 19.0. The van der Waals surface area contributed by atoms with Crippen LogP contribution in [0.2, 0.25) is 0 Å². The lowest BCUT2D eigenvalue weighted by atomic mass is 9.85. The summed E-state index contributed by atoms with van der Waals surface area (Å²) in [5.41, 5.74) is -3.48. The van der Waals surface area contributed by atoms with Crippen LogP contribution in [0, 0.1) is 0 Å². The predicted molar refractivity (Wildman–Crippen MR) is 72.7 cm³/mol. The van der Waals surface area contributed by atoms with Crippen molar-refractivity contribution in [2.75, 3.05) is 6.54 Å². The van der Waals surface area contributed by atoms with Crippen molar-refractivity contribution in [3.05, 3.63) is 28.8 Å². The van der Waals surface area contributed by atoms with Crippen molar-refractivity contribution in [2.24, 2.45) is 0 Å². The molecule has 5 nitrogen and oxygen atoms in total. The van der Waals surface area contributed by atoms with E-state index < -0.39 is 28.2 Å². The number of aliphatic hydroxyl groups is 1. The zero-order valence-corrected chi connectivity index (χ0v) is 12.3. The van der Waals surface area contributed by atoms with Crippen LogP contribution in [0.25, 0.3) is 0 Å². The van der Waals surface area contributed by atoms with Gasteiger partial charge in [0.1, 0.15) is 5.75 Å². The first kappa shape index (κ1) is 17.0. The first-order valence-electron chi connectivity index (χ1n) is 6.70. The molecule has 0 spiro atoms. The van der Waals surface area contributed by atoms with Crippen molar-refractivity contribution in [1.29, 1.82) is 0 Å². The number of alkyl halides is 3. The zero-order valence-electron chi connectivity index (χ0n) is 11.5. The summed E-state index contributed by atoms with van der Waals surface area (Å²) in [5, 5.41) is 19.5. The van der Waals surface area contributed by atoms with Crippen LogP contribution in [0.15, 0.2) is 12.1 Å². The molecule has 0 aromatic heterocycles. The molecule has 0 heterocycles. The molecule has 0 aliphatic heterocycles. The summed E-state index contributed by atoms with van der Waals surface area (Å²) in [6.07, 6.45) is 1.19. The maximum absolute atomic E-state index is 12.2. The highest BCUT2D eigenvalue weighted by molar-refractivity contribution is 7.90. The molecular weight excluding hydrogens is 323 g/mol. The number of phenolic OH excluding ortho intramolecular Hbond substituents is 1. The summed E-state index contributed by atoms with van der Waals surface area (Å²) < 4.78 is 60.0. The van der Waals surface area contributed by atoms with Gasteiger partial charge in [0.15, 0.2) is 0 Å². The molecule has 1 aliphatic carbocycles. The second kappa shape index (κ2) is 6.05. The highest BCUT2D eigenvalue weighted by Crippen LogP contribution is 2.34. The first-order chi connectivity index (χ1) is 10.1. The quantitative estimate of drug-likeness (QED) is 0.780. The van der Waals surface area contributed by atoms with E-state index in [4.69, 9.17) is 0 Å². The van der Waals surface area contributed by atoms with Gasteiger partial charge < -0.3 is 10.2 Å². The van der Waals surface area contributed by atoms with E-state index >= 15 is 0 Å². The molecule has 0 bridgehead atoms. The number of aromatic hydroxyl groups is 1. The van der Waals surface area contributed by atoms with Gasteiger partial charge in [0.2, 0.25) is 0 Å². The number of aliphatic hydroxyl groups excluding tert-OH is 1. The zero-order chi connectivity index (χ0) is 16.5. The van der Waals surface area contributed by atoms with Crippen molar-refractivity contribution in [2.45, 2.75) is 37.3 Å². The van der Waals surface area contributed by atoms with Crippen molar-refractivity contribution >= 4 is 10.0 Å². The maximum Gasteiger partial charge on any atom is 0.511 e. The Labute approximate surface area is 125 Å². The average molecular weight is 339 g/mol. The molecule has 0 radical (unpaired) electrons. The first-order valence-corrected chi connectivity index (χ1v) is 8.19. The van der Waals surface area contributed by atoms with Gasteiger partial charge in [-0.25, -0.2) is 13.1 Å². The summed E-state index contributed by atoms with van der Waals surface area (Å²) >= 11 is 0. The van der Waals surface area contributed by atoms with Crippen LogP contribution in [0.4, 0.5) is 13.2 Å². The molecule has 1 aromatic carbocycles. The lowest BCUT2D eigenvalue weighted by Crippen LogP contribution is -2.37. The molecule has 0 fully saturated rings. The van der Waals surface area contributed by atoms with E-state index in [1.54, 1.807) is 0 Å². The third-order valence-electron chi connectivity index (χ3n) is 3.62. The molecule has 3 N–H and O–H groups in total. The Morgan fingerprint density at radius 2 is 2.00 bits per heavy atom. The summed E-state index contributed by atoms with van der Waals surface area (Å²) in [5.74, 6) is -0.103. The molecule has 124 valence electrons. The van der Waals surface area contributed by atoms with E-state index in [2.05, 4.69) is 0 Å². The molecule has 1 aromatic rings. The molecule has 0 saturated carbocycles. The number of hydrogen-bond acceptors (Lipinski definition) is 4. The third kappa shape index (κ3) is 3.53. The van der Waals surface area contributed by atoms with E-state index in [9.17, 15) is 31.8 Å². The fourth-order valence-electron chi connectivity index (χ4n) is 2.59. The van der Waals surface area contributed by atoms with E-state index in [1.807, 2.05) is 0 Å². The number of halogens is 3. The highest BCUT2D eigenvalue weighted by Gasteiger charge is 2.45. The molecule has 2 rings (SSSR count). The minimum Gasteiger partial charge on any atom is -0.508 e. The van der Waals surface area contributed by atoms with E-state index in [-0.39, 0.29) is 12.2 Å². The van der Waals surface area contributed by atoms with Gasteiger partial charge in [-0.15, -0.1) is 0 Å². The summed E-state index contributed by atoms with van der Waals surface area (Å²) in [6, 6.07) is 2.82. The van der Waals surface area contributed by atoms with Crippen LogP contribution < -0.4 is 4.72 Å². The molecule has 0 saturated heterocycles. The lowest BCUT2D eigenvalue weighted by Gasteiger charge is -2.24. The SMILES string of the molecule is O=S(=O)(NCCc1cc(O)cc2c1CCCC2O)C(F)(F)F. The number of phenols is 1. The minimum absolute atomic E-state index is 0.00123. The lowest BCUT2D eigenvalue weighted by molar-refractivity contribution is -0.0447. The van der Waals surface area contributed by atoms with Crippen LogP contribution in [-0.4, -0.2) is 30.7 Å². The Hall–Kier alpha value is -1.32. The van der Waals surface area contributed by atoms with Gasteiger partial charge >= 0.3 is 15.5 Å². The van der Waals surface area contributed by atoms with E-state index in [0.717, 1.165) is 12.0 Å². The Bertz CT molecular complexity index is 658. The van der Waals surface area contributed by atoms with Gasteiger partial charge in [-0.05, 0) is 54.5 Å². The minimum atomic E-state index is -5.37. The van der Waals surface area contributed by atoms with Crippen LogP contribution in [0.1, 0.15) is 35.6 Å². The fourth-order valence-corrected chi connectivity index (χ4v) is 3.13. The smallest absolute Gasteiger partial charge is 0.508 e. The Balaban J connectivity index is 2.15. The van der Waals surface area contributed by atoms with Gasteiger partial charge in [0.05, 0.1) is 6.10 Å². The highest BCUT2D eigenvalue weighted by atomic mass is 32.2. The molecule has 1 atom stereocenters. The standard InChI is InChI=1S/C13H16F3NO4S/c14-13(15,16)22(20,21)17-5-4-8-6-9(18)7-11-10(8)2-1-3-12(11)19/h6-7,12,17-19H,1-5H2. The van der Waals surface area contributed by atoms with Crippen molar-refractivity contribution in [1.82, 2.24) is 4.72 Å². The van der Waals surface area contributed by atoms with Crippen LogP contribution in [0.5, 0.6) is 5.75 Å². The molecular formula is C13H16F3NO4S. The number of fused-ring (bicyclic) bond motifs is 1.